The second kappa shape index (κ2) is 10.9. The minimum Gasteiger partial charge on any atom is -0.349 e. The Bertz CT molecular complexity index is 758. The number of nitrogens with zero attached hydrogens (tertiary/aromatic N) is 1. The third-order valence-corrected chi connectivity index (χ3v) is 4.58. The molecule has 6 nitrogen and oxygen atoms in total. The van der Waals surface area contributed by atoms with Crippen LogP contribution in [0.15, 0.2) is 48.8 Å². The van der Waals surface area contributed by atoms with E-state index in [1.54, 1.807) is 42.6 Å². The molecule has 1 fully saturated rings. The lowest BCUT2D eigenvalue weighted by atomic mass is 10.0. The highest BCUT2D eigenvalue weighted by Crippen LogP contribution is 2.25. The highest BCUT2D eigenvalue weighted by Gasteiger charge is 2.27. The van der Waals surface area contributed by atoms with Crippen molar-refractivity contribution in [3.63, 3.8) is 0 Å². The number of aromatic nitrogens is 1. The van der Waals surface area contributed by atoms with E-state index in [-0.39, 0.29) is 42.7 Å². The highest BCUT2D eigenvalue weighted by atomic mass is 35.5. The number of anilines is 1. The van der Waals surface area contributed by atoms with Gasteiger partial charge in [-0.15, -0.1) is 24.8 Å². The molecule has 0 spiro atoms. The molecule has 1 heterocycles. The molecule has 2 amide bonds. The van der Waals surface area contributed by atoms with Gasteiger partial charge in [-0.25, -0.2) is 0 Å². The van der Waals surface area contributed by atoms with Crippen LogP contribution in [-0.2, 0) is 0 Å². The van der Waals surface area contributed by atoms with Crippen molar-refractivity contribution in [2.75, 3.05) is 11.9 Å². The minimum atomic E-state index is -0.260. The van der Waals surface area contributed by atoms with Crippen LogP contribution in [-0.4, -0.2) is 29.4 Å². The number of nitrogens with two attached hydrogens (primary N) is 1. The number of carbonyl (C=O) groups excluding carboxylic acids is 2. The number of hydrogen-bond donors (Lipinski definition) is 3. The number of nitrogens with one attached hydrogen (secondary N) is 2. The van der Waals surface area contributed by atoms with E-state index < -0.39 is 0 Å². The number of pyridine rings is 1. The van der Waals surface area contributed by atoms with Gasteiger partial charge in [-0.1, -0.05) is 12.5 Å². The SMILES string of the molecule is Cl.Cl.NCC1CCCC1NC(=O)c1cccc(NC(=O)c2cccnc2)c1. The number of hydrogen-bond acceptors (Lipinski definition) is 4. The van der Waals surface area contributed by atoms with E-state index in [9.17, 15) is 9.59 Å². The summed E-state index contributed by atoms with van der Waals surface area (Å²) >= 11 is 0. The first-order valence-electron chi connectivity index (χ1n) is 8.50. The molecule has 27 heavy (non-hydrogen) atoms. The van der Waals surface area contributed by atoms with Crippen LogP contribution in [0.25, 0.3) is 0 Å². The molecule has 8 heteroatoms. The van der Waals surface area contributed by atoms with Gasteiger partial charge in [0.25, 0.3) is 11.8 Å². The average Bonchev–Trinajstić information content (AvgIpc) is 3.09. The second-order valence-electron chi connectivity index (χ2n) is 6.28. The number of rotatable bonds is 5. The molecule has 0 saturated heterocycles. The van der Waals surface area contributed by atoms with Gasteiger partial charge in [-0.2, -0.15) is 0 Å². The summed E-state index contributed by atoms with van der Waals surface area (Å²) in [6, 6.07) is 10.4. The summed E-state index contributed by atoms with van der Waals surface area (Å²) in [5, 5.41) is 5.85. The Kier molecular flexibility index (Phi) is 9.21. The average molecular weight is 411 g/mol. The molecular formula is C19H24Cl2N4O2. The lowest BCUT2D eigenvalue weighted by Crippen LogP contribution is -2.39. The Morgan fingerprint density at radius 3 is 2.56 bits per heavy atom. The minimum absolute atomic E-state index is 0. The maximum Gasteiger partial charge on any atom is 0.257 e. The van der Waals surface area contributed by atoms with Crippen molar-refractivity contribution < 1.29 is 9.59 Å². The summed E-state index contributed by atoms with van der Waals surface area (Å²) in [5.74, 6) is -0.0510. The van der Waals surface area contributed by atoms with Crippen LogP contribution in [0.2, 0.25) is 0 Å². The second-order valence-corrected chi connectivity index (χ2v) is 6.28. The first-order chi connectivity index (χ1) is 12.2. The number of halogens is 2. The van der Waals surface area contributed by atoms with E-state index in [0.29, 0.717) is 29.3 Å². The van der Waals surface area contributed by atoms with Gasteiger partial charge in [-0.3, -0.25) is 14.6 Å². The van der Waals surface area contributed by atoms with Crippen molar-refractivity contribution in [1.29, 1.82) is 0 Å². The molecule has 0 radical (unpaired) electrons. The third kappa shape index (κ3) is 5.92. The number of benzene rings is 1. The molecule has 0 aliphatic heterocycles. The van der Waals surface area contributed by atoms with Gasteiger partial charge in [0.2, 0.25) is 0 Å². The molecule has 3 rings (SSSR count). The van der Waals surface area contributed by atoms with Crippen LogP contribution in [0.4, 0.5) is 5.69 Å². The van der Waals surface area contributed by atoms with Gasteiger partial charge in [0.05, 0.1) is 5.56 Å². The van der Waals surface area contributed by atoms with Gasteiger partial charge in [0.1, 0.15) is 0 Å². The van der Waals surface area contributed by atoms with Crippen LogP contribution < -0.4 is 16.4 Å². The normalized spacial score (nSPS) is 18.0. The maximum atomic E-state index is 12.5. The molecule has 1 aliphatic carbocycles. The smallest absolute Gasteiger partial charge is 0.257 e. The van der Waals surface area contributed by atoms with Gasteiger partial charge in [-0.05, 0) is 55.6 Å². The molecule has 2 aromatic rings. The van der Waals surface area contributed by atoms with Crippen LogP contribution in [0.1, 0.15) is 40.0 Å². The van der Waals surface area contributed by atoms with Crippen LogP contribution in [0, 0.1) is 5.92 Å². The Balaban J connectivity index is 0.00000182. The first kappa shape index (κ1) is 22.9. The Hall–Kier alpha value is -2.15. The molecule has 2 unspecified atom stereocenters. The van der Waals surface area contributed by atoms with E-state index in [1.165, 1.54) is 6.20 Å². The summed E-state index contributed by atoms with van der Waals surface area (Å²) in [5.41, 5.74) is 7.33. The zero-order valence-electron chi connectivity index (χ0n) is 14.8. The first-order valence-corrected chi connectivity index (χ1v) is 8.50. The Morgan fingerprint density at radius 2 is 1.85 bits per heavy atom. The zero-order chi connectivity index (χ0) is 17.6. The van der Waals surface area contributed by atoms with Gasteiger partial charge < -0.3 is 16.4 Å². The van der Waals surface area contributed by atoms with Crippen LogP contribution >= 0.6 is 24.8 Å². The Morgan fingerprint density at radius 1 is 1.07 bits per heavy atom. The number of carbonyl (C=O) groups is 2. The molecule has 1 aliphatic rings. The fourth-order valence-corrected chi connectivity index (χ4v) is 3.20. The van der Waals surface area contributed by atoms with E-state index in [0.717, 1.165) is 19.3 Å². The largest absolute Gasteiger partial charge is 0.349 e. The zero-order valence-corrected chi connectivity index (χ0v) is 16.4. The van der Waals surface area contributed by atoms with Crippen LogP contribution in [0.5, 0.6) is 0 Å². The van der Waals surface area contributed by atoms with Gasteiger partial charge in [0, 0.05) is 29.7 Å². The van der Waals surface area contributed by atoms with Crippen molar-refractivity contribution in [3.05, 3.63) is 59.9 Å². The highest BCUT2D eigenvalue weighted by molar-refractivity contribution is 6.04. The van der Waals surface area contributed by atoms with E-state index in [1.807, 2.05) is 0 Å². The molecule has 146 valence electrons. The van der Waals surface area contributed by atoms with E-state index in [4.69, 9.17) is 5.73 Å². The quantitative estimate of drug-likeness (QED) is 0.705. The molecule has 1 saturated carbocycles. The summed E-state index contributed by atoms with van der Waals surface area (Å²) in [6.45, 7) is 0.589. The molecule has 4 N–H and O–H groups in total. The number of amides is 2. The summed E-state index contributed by atoms with van der Waals surface area (Å²) < 4.78 is 0. The standard InChI is InChI=1S/C19H22N4O2.2ClH/c20-11-14-5-2-8-17(14)23-18(24)13-4-1-7-16(10-13)22-19(25)15-6-3-9-21-12-15;;/h1,3-4,6-7,9-10,12,14,17H,2,5,8,11,20H2,(H,22,25)(H,23,24);2*1H. The van der Waals surface area contributed by atoms with Gasteiger partial charge >= 0.3 is 0 Å². The predicted octanol–water partition coefficient (Wildman–Crippen LogP) is 3.03. The van der Waals surface area contributed by atoms with Crippen molar-refractivity contribution in [3.8, 4) is 0 Å². The van der Waals surface area contributed by atoms with Gasteiger partial charge in [0.15, 0.2) is 0 Å². The van der Waals surface area contributed by atoms with Crippen molar-refractivity contribution >= 4 is 42.3 Å². The fourth-order valence-electron chi connectivity index (χ4n) is 3.20. The topological polar surface area (TPSA) is 97.1 Å². The third-order valence-electron chi connectivity index (χ3n) is 4.58. The lowest BCUT2D eigenvalue weighted by molar-refractivity contribution is 0.0927. The predicted molar refractivity (Wildman–Crippen MR) is 111 cm³/mol. The molecule has 1 aromatic heterocycles. The van der Waals surface area contributed by atoms with Crippen molar-refractivity contribution in [2.24, 2.45) is 11.7 Å². The van der Waals surface area contributed by atoms with E-state index in [2.05, 4.69) is 15.6 Å². The van der Waals surface area contributed by atoms with Crippen molar-refractivity contribution in [1.82, 2.24) is 10.3 Å². The van der Waals surface area contributed by atoms with Crippen molar-refractivity contribution in [2.45, 2.75) is 25.3 Å². The van der Waals surface area contributed by atoms with Crippen LogP contribution in [0.3, 0.4) is 0 Å². The summed E-state index contributed by atoms with van der Waals surface area (Å²) in [7, 11) is 0. The lowest BCUT2D eigenvalue weighted by Gasteiger charge is -2.19. The molecular weight excluding hydrogens is 387 g/mol. The van der Waals surface area contributed by atoms with E-state index >= 15 is 0 Å². The molecule has 0 bridgehead atoms. The summed E-state index contributed by atoms with van der Waals surface area (Å²) in [4.78, 5) is 28.6. The molecule has 2 atom stereocenters. The monoisotopic (exact) mass is 410 g/mol. The summed E-state index contributed by atoms with van der Waals surface area (Å²) in [6.07, 6.45) is 6.22. The maximum absolute atomic E-state index is 12.5. The Labute approximate surface area is 171 Å². The molecule has 1 aromatic carbocycles. The fraction of sp³-hybridized carbons (Fsp3) is 0.316.